The Balaban J connectivity index is 1.46. The molecule has 0 unspecified atom stereocenters. The molecule has 0 aliphatic carbocycles. The van der Waals surface area contributed by atoms with E-state index in [1.165, 1.54) is 12.3 Å². The van der Waals surface area contributed by atoms with Crippen molar-refractivity contribution in [2.24, 2.45) is 0 Å². The van der Waals surface area contributed by atoms with Crippen LogP contribution in [0.1, 0.15) is 5.82 Å². The number of aromatic nitrogens is 5. The highest BCUT2D eigenvalue weighted by Crippen LogP contribution is 2.29. The Morgan fingerprint density at radius 2 is 1.81 bits per heavy atom. The SMILES string of the molecule is Cc1noc(-c2cnc(NCCNc3ccc([N+](=O)[O-])cn3)nc2-c2ccccc2)n1. The predicted octanol–water partition coefficient (Wildman–Crippen LogP) is 3.33. The number of rotatable bonds is 8. The molecule has 2 N–H and O–H groups in total. The zero-order chi connectivity index (χ0) is 21.6. The molecule has 3 heterocycles. The van der Waals surface area contributed by atoms with E-state index in [0.717, 1.165) is 5.56 Å². The number of hydrogen-bond acceptors (Lipinski definition) is 10. The number of nitrogens with one attached hydrogen (secondary N) is 2. The lowest BCUT2D eigenvalue weighted by molar-refractivity contribution is -0.385. The molecule has 0 fully saturated rings. The maximum atomic E-state index is 10.7. The van der Waals surface area contributed by atoms with Crippen LogP contribution in [0.4, 0.5) is 17.5 Å². The minimum atomic E-state index is -0.487. The average Bonchev–Trinajstić information content (AvgIpc) is 3.23. The molecule has 1 aromatic carbocycles. The van der Waals surface area contributed by atoms with Crippen molar-refractivity contribution in [1.29, 1.82) is 0 Å². The molecule has 3 aromatic heterocycles. The van der Waals surface area contributed by atoms with E-state index in [1.54, 1.807) is 19.2 Å². The summed E-state index contributed by atoms with van der Waals surface area (Å²) in [6.45, 7) is 2.77. The highest BCUT2D eigenvalue weighted by molar-refractivity contribution is 5.76. The highest BCUT2D eigenvalue weighted by atomic mass is 16.6. The fraction of sp³-hybridized carbons (Fsp3) is 0.150. The summed E-state index contributed by atoms with van der Waals surface area (Å²) in [6.07, 6.45) is 2.86. The second-order valence-electron chi connectivity index (χ2n) is 6.48. The van der Waals surface area contributed by atoms with Gasteiger partial charge in [0.25, 0.3) is 11.6 Å². The van der Waals surface area contributed by atoms with Gasteiger partial charge < -0.3 is 15.2 Å². The van der Waals surface area contributed by atoms with Crippen LogP contribution in [0.25, 0.3) is 22.7 Å². The van der Waals surface area contributed by atoms with Gasteiger partial charge in [-0.3, -0.25) is 10.1 Å². The van der Waals surface area contributed by atoms with Crippen LogP contribution in [0.15, 0.2) is 59.4 Å². The van der Waals surface area contributed by atoms with Crippen molar-refractivity contribution in [3.8, 4) is 22.7 Å². The van der Waals surface area contributed by atoms with Crippen molar-refractivity contribution in [1.82, 2.24) is 25.1 Å². The minimum Gasteiger partial charge on any atom is -0.368 e. The standard InChI is InChI=1S/C20H18N8O3/c1-13-25-19(31-27-13)16-12-24-20(26-18(16)14-5-3-2-4-6-14)22-10-9-21-17-8-7-15(11-23-17)28(29)30/h2-8,11-12H,9-10H2,1H3,(H,21,23)(H,22,24,26). The maximum absolute atomic E-state index is 10.7. The summed E-state index contributed by atoms with van der Waals surface area (Å²) in [5.74, 6) is 1.87. The van der Waals surface area contributed by atoms with Crippen LogP contribution in [0, 0.1) is 17.0 Å². The Labute approximate surface area is 176 Å². The number of anilines is 2. The second-order valence-corrected chi connectivity index (χ2v) is 6.48. The molecule has 11 heteroatoms. The molecule has 156 valence electrons. The lowest BCUT2D eigenvalue weighted by Crippen LogP contribution is -2.16. The van der Waals surface area contributed by atoms with Crippen LogP contribution in [-0.2, 0) is 0 Å². The molecule has 31 heavy (non-hydrogen) atoms. The molecule has 0 bridgehead atoms. The van der Waals surface area contributed by atoms with E-state index in [2.05, 4.69) is 35.7 Å². The highest BCUT2D eigenvalue weighted by Gasteiger charge is 2.16. The summed E-state index contributed by atoms with van der Waals surface area (Å²) in [7, 11) is 0. The first-order valence-electron chi connectivity index (χ1n) is 9.41. The number of nitrogens with zero attached hydrogens (tertiary/aromatic N) is 6. The molecule has 0 spiro atoms. The predicted molar refractivity (Wildman–Crippen MR) is 113 cm³/mol. The van der Waals surface area contributed by atoms with Gasteiger partial charge in [0, 0.05) is 30.9 Å². The van der Waals surface area contributed by atoms with Crippen molar-refractivity contribution in [2.45, 2.75) is 6.92 Å². The molecule has 0 radical (unpaired) electrons. The summed E-state index contributed by atoms with van der Waals surface area (Å²) in [6, 6.07) is 12.6. The minimum absolute atomic E-state index is 0.0537. The van der Waals surface area contributed by atoms with Crippen molar-refractivity contribution in [3.05, 3.63) is 70.8 Å². The van der Waals surface area contributed by atoms with Crippen molar-refractivity contribution in [2.75, 3.05) is 23.7 Å². The molecule has 0 saturated carbocycles. The van der Waals surface area contributed by atoms with E-state index in [9.17, 15) is 10.1 Å². The van der Waals surface area contributed by atoms with Crippen LogP contribution < -0.4 is 10.6 Å². The average molecular weight is 418 g/mol. The van der Waals surface area contributed by atoms with E-state index in [4.69, 9.17) is 4.52 Å². The van der Waals surface area contributed by atoms with Gasteiger partial charge in [0.05, 0.1) is 16.2 Å². The third kappa shape index (κ3) is 4.78. The topological polar surface area (TPSA) is 145 Å². The van der Waals surface area contributed by atoms with Gasteiger partial charge in [-0.1, -0.05) is 35.5 Å². The van der Waals surface area contributed by atoms with Gasteiger partial charge in [0.15, 0.2) is 5.82 Å². The number of aryl methyl sites for hydroxylation is 1. The fourth-order valence-electron chi connectivity index (χ4n) is 2.81. The van der Waals surface area contributed by atoms with Gasteiger partial charge in [0.1, 0.15) is 12.0 Å². The van der Waals surface area contributed by atoms with Crippen molar-refractivity contribution in [3.63, 3.8) is 0 Å². The molecular formula is C20H18N8O3. The number of hydrogen-bond donors (Lipinski definition) is 2. The van der Waals surface area contributed by atoms with E-state index in [1.807, 2.05) is 30.3 Å². The Morgan fingerprint density at radius 3 is 2.48 bits per heavy atom. The number of pyridine rings is 1. The van der Waals surface area contributed by atoms with Gasteiger partial charge >= 0.3 is 0 Å². The van der Waals surface area contributed by atoms with Crippen LogP contribution in [0.3, 0.4) is 0 Å². The quantitative estimate of drug-likeness (QED) is 0.248. The normalized spacial score (nSPS) is 10.6. The first-order chi connectivity index (χ1) is 15.1. The molecule has 0 amide bonds. The smallest absolute Gasteiger partial charge is 0.287 e. The Kier molecular flexibility index (Phi) is 5.74. The van der Waals surface area contributed by atoms with Crippen molar-refractivity contribution < 1.29 is 9.45 Å². The molecular weight excluding hydrogens is 400 g/mol. The molecule has 0 aliphatic rings. The zero-order valence-electron chi connectivity index (χ0n) is 16.5. The third-order valence-corrected chi connectivity index (χ3v) is 4.27. The zero-order valence-corrected chi connectivity index (χ0v) is 16.5. The molecule has 4 rings (SSSR count). The van der Waals surface area contributed by atoms with Crippen LogP contribution in [0.5, 0.6) is 0 Å². The van der Waals surface area contributed by atoms with Gasteiger partial charge in [0.2, 0.25) is 5.95 Å². The van der Waals surface area contributed by atoms with Gasteiger partial charge in [-0.2, -0.15) is 4.98 Å². The Bertz CT molecular complexity index is 1180. The van der Waals surface area contributed by atoms with E-state index in [0.29, 0.717) is 47.8 Å². The van der Waals surface area contributed by atoms with E-state index >= 15 is 0 Å². The molecule has 4 aromatic rings. The van der Waals surface area contributed by atoms with Crippen LogP contribution in [-0.4, -0.2) is 43.1 Å². The molecule has 0 aliphatic heterocycles. The lowest BCUT2D eigenvalue weighted by Gasteiger charge is -2.10. The third-order valence-electron chi connectivity index (χ3n) is 4.27. The summed E-state index contributed by atoms with van der Waals surface area (Å²) in [5.41, 5.74) is 2.16. The van der Waals surface area contributed by atoms with Gasteiger partial charge in [-0.05, 0) is 13.0 Å². The lowest BCUT2D eigenvalue weighted by atomic mass is 10.1. The van der Waals surface area contributed by atoms with Crippen LogP contribution >= 0.6 is 0 Å². The Hall–Kier alpha value is -4.41. The van der Waals surface area contributed by atoms with E-state index in [-0.39, 0.29) is 5.69 Å². The maximum Gasteiger partial charge on any atom is 0.287 e. The molecule has 11 nitrogen and oxygen atoms in total. The van der Waals surface area contributed by atoms with Gasteiger partial charge in [-0.25, -0.2) is 15.0 Å². The summed E-state index contributed by atoms with van der Waals surface area (Å²) in [5, 5.41) is 20.8. The van der Waals surface area contributed by atoms with Crippen LogP contribution in [0.2, 0.25) is 0 Å². The molecule has 0 atom stereocenters. The number of nitro groups is 1. The second kappa shape index (κ2) is 8.95. The molecule has 0 saturated heterocycles. The van der Waals surface area contributed by atoms with Crippen molar-refractivity contribution >= 4 is 17.5 Å². The summed E-state index contributed by atoms with van der Waals surface area (Å²) in [4.78, 5) is 27.5. The summed E-state index contributed by atoms with van der Waals surface area (Å²) >= 11 is 0. The van der Waals surface area contributed by atoms with E-state index < -0.39 is 4.92 Å². The monoisotopic (exact) mass is 418 g/mol. The first-order valence-corrected chi connectivity index (χ1v) is 9.41. The fourth-order valence-corrected chi connectivity index (χ4v) is 2.81. The number of benzene rings is 1. The van der Waals surface area contributed by atoms with Gasteiger partial charge in [-0.15, -0.1) is 0 Å². The first kappa shape index (κ1) is 19.9. The largest absolute Gasteiger partial charge is 0.368 e. The Morgan fingerprint density at radius 1 is 1.00 bits per heavy atom. The summed E-state index contributed by atoms with van der Waals surface area (Å²) < 4.78 is 5.30.